The molecule has 0 saturated carbocycles. The minimum Gasteiger partial charge on any atom is -0.337 e. The largest absolute Gasteiger partial charge is 0.337 e. The van der Waals surface area contributed by atoms with Gasteiger partial charge in [0, 0.05) is 37.8 Å². The van der Waals surface area contributed by atoms with Crippen molar-refractivity contribution in [1.82, 2.24) is 15.1 Å². The van der Waals surface area contributed by atoms with Crippen molar-refractivity contribution in [2.45, 2.75) is 32.7 Å². The van der Waals surface area contributed by atoms with Gasteiger partial charge in [0.05, 0.1) is 6.54 Å². The van der Waals surface area contributed by atoms with Crippen LogP contribution >= 0.6 is 0 Å². The molecule has 124 valence electrons. The summed E-state index contributed by atoms with van der Waals surface area (Å²) in [6.07, 6.45) is 1.95. The fourth-order valence-corrected chi connectivity index (χ4v) is 3.55. The molecule has 1 atom stereocenters. The first-order valence-electron chi connectivity index (χ1n) is 8.43. The first kappa shape index (κ1) is 16.0. The van der Waals surface area contributed by atoms with Crippen LogP contribution in [0.3, 0.4) is 0 Å². The lowest BCUT2D eigenvalue weighted by atomic mass is 9.99. The van der Waals surface area contributed by atoms with Crippen molar-refractivity contribution in [3.63, 3.8) is 0 Å². The predicted octanol–water partition coefficient (Wildman–Crippen LogP) is 1.34. The molecule has 0 radical (unpaired) electrons. The van der Waals surface area contributed by atoms with E-state index in [0.29, 0.717) is 13.1 Å². The third-order valence-electron chi connectivity index (χ3n) is 5.09. The Hall–Kier alpha value is -1.88. The van der Waals surface area contributed by atoms with E-state index >= 15 is 0 Å². The maximum absolute atomic E-state index is 12.9. The number of carbonyl (C=O) groups is 2. The summed E-state index contributed by atoms with van der Waals surface area (Å²) in [7, 11) is 0. The van der Waals surface area contributed by atoms with Gasteiger partial charge >= 0.3 is 0 Å². The van der Waals surface area contributed by atoms with E-state index in [2.05, 4.69) is 5.32 Å². The van der Waals surface area contributed by atoms with Crippen LogP contribution in [0.15, 0.2) is 18.2 Å². The van der Waals surface area contributed by atoms with Crippen LogP contribution in [0.2, 0.25) is 0 Å². The van der Waals surface area contributed by atoms with E-state index in [1.807, 2.05) is 41.8 Å². The van der Waals surface area contributed by atoms with Gasteiger partial charge in [-0.1, -0.05) is 12.1 Å². The van der Waals surface area contributed by atoms with Gasteiger partial charge in [-0.25, -0.2) is 0 Å². The van der Waals surface area contributed by atoms with Gasteiger partial charge in [-0.2, -0.15) is 0 Å². The topological polar surface area (TPSA) is 52.7 Å². The van der Waals surface area contributed by atoms with E-state index < -0.39 is 0 Å². The predicted molar refractivity (Wildman–Crippen MR) is 89.4 cm³/mol. The Kier molecular flexibility index (Phi) is 4.66. The molecule has 1 unspecified atom stereocenters. The molecule has 1 N–H and O–H groups in total. The van der Waals surface area contributed by atoms with E-state index in [-0.39, 0.29) is 17.9 Å². The Balaban J connectivity index is 1.74. The Morgan fingerprint density at radius 1 is 1.26 bits per heavy atom. The Morgan fingerprint density at radius 3 is 2.87 bits per heavy atom. The van der Waals surface area contributed by atoms with Crippen LogP contribution in [0.25, 0.3) is 0 Å². The van der Waals surface area contributed by atoms with E-state index in [0.717, 1.165) is 49.2 Å². The van der Waals surface area contributed by atoms with E-state index in [9.17, 15) is 9.59 Å². The van der Waals surface area contributed by atoms with Crippen molar-refractivity contribution in [2.75, 3.05) is 32.7 Å². The maximum Gasteiger partial charge on any atom is 0.254 e. The number of hydrogen-bond acceptors (Lipinski definition) is 3. The lowest BCUT2D eigenvalue weighted by molar-refractivity contribution is -0.135. The summed E-state index contributed by atoms with van der Waals surface area (Å²) < 4.78 is 0. The zero-order chi connectivity index (χ0) is 16.4. The number of aryl methyl sites for hydroxylation is 1. The van der Waals surface area contributed by atoms with Crippen molar-refractivity contribution in [3.05, 3.63) is 34.9 Å². The first-order valence-corrected chi connectivity index (χ1v) is 8.43. The molecule has 3 rings (SSSR count). The lowest BCUT2D eigenvalue weighted by Crippen LogP contribution is -2.57. The summed E-state index contributed by atoms with van der Waals surface area (Å²) in [4.78, 5) is 28.9. The van der Waals surface area contributed by atoms with Crippen molar-refractivity contribution in [3.8, 4) is 0 Å². The summed E-state index contributed by atoms with van der Waals surface area (Å²) in [5.74, 6) is 0.251. The summed E-state index contributed by atoms with van der Waals surface area (Å²) >= 11 is 0. The van der Waals surface area contributed by atoms with Gasteiger partial charge in [-0.3, -0.25) is 9.59 Å². The molecule has 2 fully saturated rings. The van der Waals surface area contributed by atoms with Gasteiger partial charge in [-0.05, 0) is 43.9 Å². The molecule has 2 amide bonds. The highest BCUT2D eigenvalue weighted by molar-refractivity contribution is 5.96. The van der Waals surface area contributed by atoms with Crippen LogP contribution in [0.4, 0.5) is 0 Å². The first-order chi connectivity index (χ1) is 11.1. The number of amides is 2. The SMILES string of the molecule is Cc1cccc(C(=O)N2CCCC(N3CCNCC3=O)C2)c1C. The monoisotopic (exact) mass is 315 g/mol. The van der Waals surface area contributed by atoms with Crippen LogP contribution in [0, 0.1) is 13.8 Å². The highest BCUT2D eigenvalue weighted by atomic mass is 16.2. The molecule has 1 aromatic rings. The maximum atomic E-state index is 12.9. The molecular formula is C18H25N3O2. The Labute approximate surface area is 137 Å². The molecule has 0 aliphatic carbocycles. The number of benzene rings is 1. The Morgan fingerprint density at radius 2 is 2.09 bits per heavy atom. The molecule has 2 saturated heterocycles. The van der Waals surface area contributed by atoms with Crippen LogP contribution < -0.4 is 5.32 Å². The van der Waals surface area contributed by atoms with Crippen molar-refractivity contribution in [2.24, 2.45) is 0 Å². The second kappa shape index (κ2) is 6.71. The normalized spacial score (nSPS) is 22.3. The van der Waals surface area contributed by atoms with E-state index in [1.165, 1.54) is 0 Å². The minimum absolute atomic E-state index is 0.0958. The van der Waals surface area contributed by atoms with Crippen molar-refractivity contribution >= 4 is 11.8 Å². The van der Waals surface area contributed by atoms with Gasteiger partial charge in [0.1, 0.15) is 0 Å². The highest BCUT2D eigenvalue weighted by Crippen LogP contribution is 2.21. The summed E-state index contributed by atoms with van der Waals surface area (Å²) in [6.45, 7) is 7.47. The standard InChI is InChI=1S/C18H25N3O2/c1-13-5-3-7-16(14(13)2)18(23)20-9-4-6-15(12-20)21-10-8-19-11-17(21)22/h3,5,7,15,19H,4,6,8-12H2,1-2H3. The molecule has 5 nitrogen and oxygen atoms in total. The Bertz CT molecular complexity index is 614. The van der Waals surface area contributed by atoms with Gasteiger partial charge in [0.15, 0.2) is 0 Å². The number of nitrogens with one attached hydrogen (secondary N) is 1. The van der Waals surface area contributed by atoms with E-state index in [4.69, 9.17) is 0 Å². The quantitative estimate of drug-likeness (QED) is 0.896. The molecule has 0 spiro atoms. The fraction of sp³-hybridized carbons (Fsp3) is 0.556. The number of hydrogen-bond donors (Lipinski definition) is 1. The van der Waals surface area contributed by atoms with Crippen molar-refractivity contribution in [1.29, 1.82) is 0 Å². The highest BCUT2D eigenvalue weighted by Gasteiger charge is 2.32. The molecule has 2 aliphatic rings. The van der Waals surface area contributed by atoms with Crippen LogP contribution in [-0.2, 0) is 4.79 Å². The molecule has 2 heterocycles. The number of rotatable bonds is 2. The number of piperazine rings is 1. The summed E-state index contributed by atoms with van der Waals surface area (Å²) in [5, 5.41) is 3.11. The van der Waals surface area contributed by atoms with Gasteiger partial charge in [-0.15, -0.1) is 0 Å². The number of likely N-dealkylation sites (tertiary alicyclic amines) is 1. The molecule has 0 bridgehead atoms. The second-order valence-electron chi connectivity index (χ2n) is 6.56. The fourth-order valence-electron chi connectivity index (χ4n) is 3.55. The smallest absolute Gasteiger partial charge is 0.254 e. The number of carbonyl (C=O) groups excluding carboxylic acids is 2. The summed E-state index contributed by atoms with van der Waals surface area (Å²) in [6, 6.07) is 6.04. The second-order valence-corrected chi connectivity index (χ2v) is 6.56. The average Bonchev–Trinajstić information content (AvgIpc) is 2.57. The molecule has 2 aliphatic heterocycles. The molecule has 0 aromatic heterocycles. The minimum atomic E-state index is 0.0958. The van der Waals surface area contributed by atoms with Gasteiger partial charge in [0.2, 0.25) is 5.91 Å². The summed E-state index contributed by atoms with van der Waals surface area (Å²) in [5.41, 5.74) is 2.98. The van der Waals surface area contributed by atoms with Crippen molar-refractivity contribution < 1.29 is 9.59 Å². The third-order valence-corrected chi connectivity index (χ3v) is 5.09. The van der Waals surface area contributed by atoms with Crippen LogP contribution in [-0.4, -0.2) is 60.4 Å². The van der Waals surface area contributed by atoms with Crippen LogP contribution in [0.5, 0.6) is 0 Å². The van der Waals surface area contributed by atoms with Gasteiger partial charge < -0.3 is 15.1 Å². The third kappa shape index (κ3) is 3.24. The molecule has 5 heteroatoms. The number of nitrogens with zero attached hydrogens (tertiary/aromatic N) is 2. The molecule has 23 heavy (non-hydrogen) atoms. The van der Waals surface area contributed by atoms with E-state index in [1.54, 1.807) is 0 Å². The number of piperidine rings is 1. The molecular weight excluding hydrogens is 290 g/mol. The van der Waals surface area contributed by atoms with Gasteiger partial charge in [0.25, 0.3) is 5.91 Å². The zero-order valence-corrected chi connectivity index (χ0v) is 14.0. The molecule has 1 aromatic carbocycles. The van der Waals surface area contributed by atoms with Crippen LogP contribution in [0.1, 0.15) is 34.3 Å². The lowest BCUT2D eigenvalue weighted by Gasteiger charge is -2.41. The zero-order valence-electron chi connectivity index (χ0n) is 14.0. The average molecular weight is 315 g/mol.